The first-order valence-electron chi connectivity index (χ1n) is 11.9. The minimum atomic E-state index is -3.82. The van der Waals surface area contributed by atoms with Crippen LogP contribution in [-0.2, 0) is 26.2 Å². The molecule has 198 valence electrons. The van der Waals surface area contributed by atoms with Crippen molar-refractivity contribution in [3.05, 3.63) is 63.6 Å². The fourth-order valence-corrected chi connectivity index (χ4v) is 5.02. The van der Waals surface area contributed by atoms with Crippen LogP contribution in [0.3, 0.4) is 0 Å². The molecule has 2 amide bonds. The highest BCUT2D eigenvalue weighted by molar-refractivity contribution is 7.92. The second-order valence-corrected chi connectivity index (χ2v) is 12.0. The standard InChI is InChI=1S/C26H35Cl2N3O4S/c1-7-18(4)29-26(33)19(5)30(15-20-12-13-21(27)14-23(20)28)25(32)16-31(36(6,34)35)24-11-9-8-10-22(24)17(2)3/h8-14,17-19H,7,15-16H2,1-6H3,(H,29,33)/t18-,19-/m1/s1. The van der Waals surface area contributed by atoms with Crippen LogP contribution in [0.2, 0.25) is 10.0 Å². The summed E-state index contributed by atoms with van der Waals surface area (Å²) in [5.74, 6) is -0.835. The molecule has 0 aliphatic heterocycles. The Balaban J connectivity index is 2.49. The van der Waals surface area contributed by atoms with Crippen LogP contribution < -0.4 is 9.62 Å². The molecule has 0 aliphatic carbocycles. The van der Waals surface area contributed by atoms with Crippen molar-refractivity contribution in [2.45, 2.75) is 65.6 Å². The van der Waals surface area contributed by atoms with E-state index in [-0.39, 0.29) is 24.4 Å². The van der Waals surface area contributed by atoms with Crippen molar-refractivity contribution in [1.82, 2.24) is 10.2 Å². The Kier molecular flexibility index (Phi) is 10.6. The third-order valence-electron chi connectivity index (χ3n) is 6.03. The molecule has 2 rings (SSSR count). The Morgan fingerprint density at radius 3 is 2.22 bits per heavy atom. The van der Waals surface area contributed by atoms with E-state index in [4.69, 9.17) is 23.2 Å². The number of benzene rings is 2. The first-order valence-corrected chi connectivity index (χ1v) is 14.5. The lowest BCUT2D eigenvalue weighted by atomic mass is 10.0. The van der Waals surface area contributed by atoms with Gasteiger partial charge in [0.05, 0.1) is 11.9 Å². The van der Waals surface area contributed by atoms with E-state index in [0.717, 1.165) is 22.5 Å². The summed E-state index contributed by atoms with van der Waals surface area (Å²) in [5, 5.41) is 3.68. The Hall–Kier alpha value is -2.29. The van der Waals surface area contributed by atoms with Crippen molar-refractivity contribution >= 4 is 50.7 Å². The van der Waals surface area contributed by atoms with Gasteiger partial charge in [0.15, 0.2) is 0 Å². The van der Waals surface area contributed by atoms with Gasteiger partial charge in [-0.15, -0.1) is 0 Å². The second kappa shape index (κ2) is 12.8. The molecule has 0 saturated carbocycles. The summed E-state index contributed by atoms with van der Waals surface area (Å²) in [6.07, 6.45) is 1.79. The molecular weight excluding hydrogens is 521 g/mol. The van der Waals surface area contributed by atoms with Gasteiger partial charge in [-0.1, -0.05) is 68.2 Å². The molecule has 0 radical (unpaired) electrons. The van der Waals surface area contributed by atoms with Crippen molar-refractivity contribution in [3.63, 3.8) is 0 Å². The van der Waals surface area contributed by atoms with Crippen LogP contribution in [0.1, 0.15) is 58.1 Å². The molecule has 10 heteroatoms. The monoisotopic (exact) mass is 555 g/mol. The highest BCUT2D eigenvalue weighted by Crippen LogP contribution is 2.29. The molecule has 0 fully saturated rings. The van der Waals surface area contributed by atoms with E-state index in [2.05, 4.69) is 5.32 Å². The number of nitrogens with one attached hydrogen (secondary N) is 1. The summed E-state index contributed by atoms with van der Waals surface area (Å²) < 4.78 is 26.8. The highest BCUT2D eigenvalue weighted by atomic mass is 35.5. The summed E-state index contributed by atoms with van der Waals surface area (Å²) in [6, 6.07) is 11.0. The lowest BCUT2D eigenvalue weighted by Crippen LogP contribution is -2.52. The number of carbonyl (C=O) groups is 2. The van der Waals surface area contributed by atoms with Gasteiger partial charge in [0, 0.05) is 22.6 Å². The van der Waals surface area contributed by atoms with Crippen molar-refractivity contribution < 1.29 is 18.0 Å². The topological polar surface area (TPSA) is 86.8 Å². The average Bonchev–Trinajstić information content (AvgIpc) is 2.80. The molecule has 2 aromatic rings. The van der Waals surface area contributed by atoms with E-state index in [1.807, 2.05) is 39.8 Å². The number of para-hydroxylation sites is 1. The summed E-state index contributed by atoms with van der Waals surface area (Å²) in [7, 11) is -3.82. The van der Waals surface area contributed by atoms with E-state index in [0.29, 0.717) is 21.3 Å². The van der Waals surface area contributed by atoms with Crippen molar-refractivity contribution in [2.75, 3.05) is 17.1 Å². The maximum atomic E-state index is 13.7. The quantitative estimate of drug-likeness (QED) is 0.412. The maximum absolute atomic E-state index is 13.7. The normalized spacial score (nSPS) is 13.2. The Morgan fingerprint density at radius 2 is 1.67 bits per heavy atom. The SMILES string of the molecule is CC[C@@H](C)NC(=O)[C@@H](C)N(Cc1ccc(Cl)cc1Cl)C(=O)CN(c1ccccc1C(C)C)S(C)(=O)=O. The molecule has 0 aliphatic rings. The molecule has 2 atom stereocenters. The van der Waals surface area contributed by atoms with Gasteiger partial charge in [-0.3, -0.25) is 13.9 Å². The average molecular weight is 557 g/mol. The molecule has 0 aromatic heterocycles. The van der Waals surface area contributed by atoms with Crippen LogP contribution >= 0.6 is 23.2 Å². The number of hydrogen-bond acceptors (Lipinski definition) is 4. The van der Waals surface area contributed by atoms with E-state index in [1.54, 1.807) is 37.3 Å². The fraction of sp³-hybridized carbons (Fsp3) is 0.462. The first kappa shape index (κ1) is 29.9. The molecular formula is C26H35Cl2N3O4S. The molecule has 0 unspecified atom stereocenters. The van der Waals surface area contributed by atoms with Crippen LogP contribution in [-0.4, -0.2) is 50.0 Å². The van der Waals surface area contributed by atoms with Gasteiger partial charge in [-0.2, -0.15) is 0 Å². The summed E-state index contributed by atoms with van der Waals surface area (Å²) in [5.41, 5.74) is 1.82. The number of sulfonamides is 1. The van der Waals surface area contributed by atoms with E-state index in [9.17, 15) is 18.0 Å². The van der Waals surface area contributed by atoms with Crippen molar-refractivity contribution in [3.8, 4) is 0 Å². The number of anilines is 1. The van der Waals surface area contributed by atoms with Gasteiger partial charge in [-0.05, 0) is 55.5 Å². The number of rotatable bonds is 11. The van der Waals surface area contributed by atoms with E-state index >= 15 is 0 Å². The van der Waals surface area contributed by atoms with Gasteiger partial charge >= 0.3 is 0 Å². The smallest absolute Gasteiger partial charge is 0.244 e. The summed E-state index contributed by atoms with van der Waals surface area (Å²) >= 11 is 12.4. The summed E-state index contributed by atoms with van der Waals surface area (Å²) in [4.78, 5) is 28.1. The van der Waals surface area contributed by atoms with Gasteiger partial charge in [0.25, 0.3) is 0 Å². The third-order valence-corrected chi connectivity index (χ3v) is 7.74. The molecule has 2 aromatic carbocycles. The van der Waals surface area contributed by atoms with Gasteiger partial charge in [0.2, 0.25) is 21.8 Å². The molecule has 1 N–H and O–H groups in total. The molecule has 0 saturated heterocycles. The van der Waals surface area contributed by atoms with Gasteiger partial charge < -0.3 is 10.2 Å². The number of nitrogens with zero attached hydrogens (tertiary/aromatic N) is 2. The fourth-order valence-electron chi connectivity index (χ4n) is 3.68. The predicted molar refractivity (Wildman–Crippen MR) is 147 cm³/mol. The largest absolute Gasteiger partial charge is 0.352 e. The zero-order valence-electron chi connectivity index (χ0n) is 21.6. The molecule has 7 nitrogen and oxygen atoms in total. The Labute approximate surface area is 224 Å². The van der Waals surface area contributed by atoms with Crippen molar-refractivity contribution in [2.24, 2.45) is 0 Å². The lowest BCUT2D eigenvalue weighted by Gasteiger charge is -2.33. The zero-order chi connectivity index (χ0) is 27.2. The molecule has 36 heavy (non-hydrogen) atoms. The van der Waals surface area contributed by atoms with Crippen molar-refractivity contribution in [1.29, 1.82) is 0 Å². The highest BCUT2D eigenvalue weighted by Gasteiger charge is 2.31. The zero-order valence-corrected chi connectivity index (χ0v) is 23.9. The Bertz CT molecular complexity index is 1190. The number of hydrogen-bond donors (Lipinski definition) is 1. The first-order chi connectivity index (χ1) is 16.8. The number of halogens is 2. The molecule has 0 heterocycles. The van der Waals surface area contributed by atoms with Gasteiger partial charge in [-0.25, -0.2) is 8.42 Å². The number of amides is 2. The van der Waals surface area contributed by atoms with Crippen LogP contribution in [0.5, 0.6) is 0 Å². The van der Waals surface area contributed by atoms with E-state index < -0.39 is 28.5 Å². The minimum Gasteiger partial charge on any atom is -0.352 e. The number of carbonyl (C=O) groups excluding carboxylic acids is 2. The van der Waals surface area contributed by atoms with Gasteiger partial charge in [0.1, 0.15) is 12.6 Å². The van der Waals surface area contributed by atoms with Crippen LogP contribution in [0.15, 0.2) is 42.5 Å². The predicted octanol–water partition coefficient (Wildman–Crippen LogP) is 5.21. The maximum Gasteiger partial charge on any atom is 0.244 e. The molecule has 0 bridgehead atoms. The Morgan fingerprint density at radius 1 is 1.03 bits per heavy atom. The van der Waals surface area contributed by atoms with E-state index in [1.165, 1.54) is 4.90 Å². The second-order valence-electron chi connectivity index (χ2n) is 9.23. The minimum absolute atomic E-state index is 0.00730. The summed E-state index contributed by atoms with van der Waals surface area (Å²) in [6.45, 7) is 8.89. The molecule has 0 spiro atoms. The van der Waals surface area contributed by atoms with Crippen LogP contribution in [0, 0.1) is 0 Å². The lowest BCUT2D eigenvalue weighted by molar-refractivity contribution is -0.139. The van der Waals surface area contributed by atoms with Crippen LogP contribution in [0.4, 0.5) is 5.69 Å². The van der Waals surface area contributed by atoms with Crippen LogP contribution in [0.25, 0.3) is 0 Å². The third kappa shape index (κ3) is 7.85.